The summed E-state index contributed by atoms with van der Waals surface area (Å²) in [6.07, 6.45) is 4.03. The van der Waals surface area contributed by atoms with Crippen LogP contribution in [0.1, 0.15) is 25.8 Å². The topological polar surface area (TPSA) is 67.9 Å². The molecule has 2 rings (SSSR count). The van der Waals surface area contributed by atoms with E-state index in [4.69, 9.17) is 9.47 Å². The average Bonchev–Trinajstić information content (AvgIpc) is 2.82. The molecule has 134 valence electrons. The lowest BCUT2D eigenvalue weighted by Crippen LogP contribution is -2.31. The Balaban J connectivity index is 2.35. The lowest BCUT2D eigenvalue weighted by atomic mass is 10.1. The first-order valence-electron chi connectivity index (χ1n) is 8.06. The smallest absolute Gasteiger partial charge is 0.329 e. The van der Waals surface area contributed by atoms with Gasteiger partial charge in [0.25, 0.3) is 5.91 Å². The molecular weight excluding hydrogens is 435 g/mol. The van der Waals surface area contributed by atoms with E-state index in [-0.39, 0.29) is 17.6 Å². The molecule has 0 saturated carbocycles. The summed E-state index contributed by atoms with van der Waals surface area (Å²) in [5.41, 5.74) is 1.01. The Hall–Kier alpha value is -2.03. The molecule has 1 saturated heterocycles. The molecule has 0 aromatic heterocycles. The van der Waals surface area contributed by atoms with Gasteiger partial charge >= 0.3 is 6.03 Å². The lowest BCUT2D eigenvalue weighted by Gasteiger charge is -2.14. The van der Waals surface area contributed by atoms with Crippen LogP contribution in [0.2, 0.25) is 0 Å². The molecule has 1 aliphatic heterocycles. The minimum atomic E-state index is -0.385. The monoisotopic (exact) mass is 456 g/mol. The highest BCUT2D eigenvalue weighted by Gasteiger charge is 2.32. The van der Waals surface area contributed by atoms with Gasteiger partial charge < -0.3 is 14.8 Å². The van der Waals surface area contributed by atoms with Gasteiger partial charge in [0, 0.05) is 6.54 Å². The van der Waals surface area contributed by atoms with Crippen LogP contribution in [0, 0.1) is 3.57 Å². The van der Waals surface area contributed by atoms with Crippen LogP contribution in [0.4, 0.5) is 4.79 Å². The van der Waals surface area contributed by atoms with E-state index in [9.17, 15) is 9.59 Å². The summed E-state index contributed by atoms with van der Waals surface area (Å²) in [5, 5.41) is 2.62. The lowest BCUT2D eigenvalue weighted by molar-refractivity contribution is -0.122. The largest absolute Gasteiger partial charge is 0.490 e. The molecule has 1 aliphatic rings. The maximum Gasteiger partial charge on any atom is 0.329 e. The number of nitrogens with one attached hydrogen (secondary N) is 1. The standard InChI is InChI=1S/C18H21IN2O4/c1-4-7-21-17(22)14(20-18(21)23)10-12-9-13(19)16(25-8-5-2)15(11-12)24-6-3/h5,9-11H,2,4,6-8H2,1,3H3,(H,20,23)/b14-10+. The highest BCUT2D eigenvalue weighted by molar-refractivity contribution is 14.1. The predicted molar refractivity (Wildman–Crippen MR) is 105 cm³/mol. The van der Waals surface area contributed by atoms with Crippen molar-refractivity contribution in [2.24, 2.45) is 0 Å². The number of urea groups is 1. The molecule has 0 aliphatic carbocycles. The fourth-order valence-corrected chi connectivity index (χ4v) is 3.16. The van der Waals surface area contributed by atoms with Crippen LogP contribution in [0.25, 0.3) is 6.08 Å². The van der Waals surface area contributed by atoms with Crippen LogP contribution < -0.4 is 14.8 Å². The third-order valence-corrected chi connectivity index (χ3v) is 4.20. The number of carbonyl (C=O) groups is 2. The molecule has 0 spiro atoms. The van der Waals surface area contributed by atoms with Gasteiger partial charge in [0.05, 0.1) is 10.2 Å². The molecule has 0 atom stereocenters. The summed E-state index contributed by atoms with van der Waals surface area (Å²) in [5.74, 6) is 0.913. The van der Waals surface area contributed by atoms with Gasteiger partial charge in [-0.15, -0.1) is 0 Å². The molecule has 1 aromatic carbocycles. The minimum absolute atomic E-state index is 0.261. The Morgan fingerprint density at radius 2 is 2.04 bits per heavy atom. The van der Waals surface area contributed by atoms with Gasteiger partial charge in [-0.3, -0.25) is 9.69 Å². The van der Waals surface area contributed by atoms with E-state index in [2.05, 4.69) is 34.5 Å². The highest BCUT2D eigenvalue weighted by Crippen LogP contribution is 2.35. The fraction of sp³-hybridized carbons (Fsp3) is 0.333. The summed E-state index contributed by atoms with van der Waals surface area (Å²) >= 11 is 2.15. The molecule has 1 fully saturated rings. The average molecular weight is 456 g/mol. The normalized spacial score (nSPS) is 15.5. The number of imide groups is 1. The number of benzene rings is 1. The SMILES string of the molecule is C=CCOc1c(I)cc(/C=C2/NC(=O)N(CCC)C2=O)cc1OCC. The summed E-state index contributed by atoms with van der Waals surface area (Å²) in [4.78, 5) is 25.4. The Kier molecular flexibility index (Phi) is 6.86. The van der Waals surface area contributed by atoms with E-state index >= 15 is 0 Å². The van der Waals surface area contributed by atoms with Crippen molar-refractivity contribution < 1.29 is 19.1 Å². The third kappa shape index (κ3) is 4.53. The summed E-state index contributed by atoms with van der Waals surface area (Å²) in [7, 11) is 0. The van der Waals surface area contributed by atoms with Crippen molar-refractivity contribution in [3.8, 4) is 11.5 Å². The van der Waals surface area contributed by atoms with Crippen molar-refractivity contribution in [2.45, 2.75) is 20.3 Å². The molecule has 0 unspecified atom stereocenters. The summed E-state index contributed by atoms with van der Waals surface area (Å²) in [6.45, 7) is 8.71. The minimum Gasteiger partial charge on any atom is -0.490 e. The molecule has 0 bridgehead atoms. The van der Waals surface area contributed by atoms with E-state index in [1.165, 1.54) is 4.90 Å². The number of halogens is 1. The van der Waals surface area contributed by atoms with Gasteiger partial charge in [-0.2, -0.15) is 0 Å². The number of rotatable bonds is 8. The van der Waals surface area contributed by atoms with E-state index < -0.39 is 0 Å². The third-order valence-electron chi connectivity index (χ3n) is 3.40. The van der Waals surface area contributed by atoms with Crippen molar-refractivity contribution in [1.29, 1.82) is 0 Å². The summed E-state index contributed by atoms with van der Waals surface area (Å²) in [6, 6.07) is 3.28. The number of nitrogens with zero attached hydrogens (tertiary/aromatic N) is 1. The van der Waals surface area contributed by atoms with Crippen molar-refractivity contribution >= 4 is 40.6 Å². The second kappa shape index (κ2) is 8.89. The first-order chi connectivity index (χ1) is 12.0. The van der Waals surface area contributed by atoms with E-state index in [0.29, 0.717) is 37.7 Å². The molecule has 0 radical (unpaired) electrons. The predicted octanol–water partition coefficient (Wildman–Crippen LogP) is 3.56. The van der Waals surface area contributed by atoms with Crippen molar-refractivity contribution in [1.82, 2.24) is 10.2 Å². The number of hydrogen-bond donors (Lipinski definition) is 1. The first-order valence-corrected chi connectivity index (χ1v) is 9.14. The summed E-state index contributed by atoms with van der Waals surface area (Å²) < 4.78 is 12.2. The van der Waals surface area contributed by atoms with Gasteiger partial charge in [-0.1, -0.05) is 19.6 Å². The number of ether oxygens (including phenoxy) is 2. The second-order valence-corrected chi connectivity index (χ2v) is 6.47. The van der Waals surface area contributed by atoms with Gasteiger partial charge in [0.2, 0.25) is 0 Å². The zero-order chi connectivity index (χ0) is 18.4. The zero-order valence-electron chi connectivity index (χ0n) is 14.3. The Labute approximate surface area is 161 Å². The van der Waals surface area contributed by atoms with Gasteiger partial charge in [0.15, 0.2) is 11.5 Å². The van der Waals surface area contributed by atoms with Crippen LogP contribution in [0.3, 0.4) is 0 Å². The zero-order valence-corrected chi connectivity index (χ0v) is 16.5. The molecule has 6 nitrogen and oxygen atoms in total. The molecule has 7 heteroatoms. The molecule has 1 heterocycles. The molecular formula is C18H21IN2O4. The second-order valence-electron chi connectivity index (χ2n) is 5.31. The van der Waals surface area contributed by atoms with Crippen LogP contribution in [-0.2, 0) is 4.79 Å². The van der Waals surface area contributed by atoms with Crippen molar-refractivity contribution in [2.75, 3.05) is 19.8 Å². The van der Waals surface area contributed by atoms with Crippen molar-refractivity contribution in [3.05, 3.63) is 39.6 Å². The van der Waals surface area contributed by atoms with Crippen LogP contribution >= 0.6 is 22.6 Å². The van der Waals surface area contributed by atoms with Crippen LogP contribution in [0.5, 0.6) is 11.5 Å². The maximum atomic E-state index is 12.3. The van der Waals surface area contributed by atoms with Gasteiger partial charge in [-0.05, 0) is 59.7 Å². The highest BCUT2D eigenvalue weighted by atomic mass is 127. The van der Waals surface area contributed by atoms with Crippen LogP contribution in [0.15, 0.2) is 30.5 Å². The van der Waals surface area contributed by atoms with E-state index in [0.717, 1.165) is 9.13 Å². The number of hydrogen-bond acceptors (Lipinski definition) is 4. The van der Waals surface area contributed by atoms with E-state index in [1.54, 1.807) is 18.2 Å². The molecule has 1 N–H and O–H groups in total. The quantitative estimate of drug-likeness (QED) is 0.281. The molecule has 25 heavy (non-hydrogen) atoms. The Bertz CT molecular complexity index is 715. The van der Waals surface area contributed by atoms with Gasteiger partial charge in [0.1, 0.15) is 12.3 Å². The number of carbonyl (C=O) groups excluding carboxylic acids is 2. The first kappa shape index (κ1) is 19.3. The molecule has 1 aromatic rings. The number of amides is 3. The van der Waals surface area contributed by atoms with Crippen molar-refractivity contribution in [3.63, 3.8) is 0 Å². The fourth-order valence-electron chi connectivity index (χ4n) is 2.38. The Morgan fingerprint density at radius 3 is 2.68 bits per heavy atom. The Morgan fingerprint density at radius 1 is 1.28 bits per heavy atom. The van der Waals surface area contributed by atoms with Gasteiger partial charge in [-0.25, -0.2) is 4.79 Å². The van der Waals surface area contributed by atoms with E-state index in [1.807, 2.05) is 19.9 Å². The maximum absolute atomic E-state index is 12.3. The molecule has 3 amide bonds. The van der Waals surface area contributed by atoms with Crippen LogP contribution in [-0.4, -0.2) is 36.6 Å².